The van der Waals surface area contributed by atoms with Crippen molar-refractivity contribution < 1.29 is 14.7 Å². The maximum absolute atomic E-state index is 12.2. The van der Waals surface area contributed by atoms with Crippen LogP contribution in [0.15, 0.2) is 18.5 Å². The Morgan fingerprint density at radius 2 is 2.33 bits per heavy atom. The molecule has 18 heavy (non-hydrogen) atoms. The van der Waals surface area contributed by atoms with Crippen LogP contribution in [0.4, 0.5) is 0 Å². The molecule has 6 heteroatoms. The molecule has 2 unspecified atom stereocenters. The van der Waals surface area contributed by atoms with Gasteiger partial charge in [0.15, 0.2) is 0 Å². The summed E-state index contributed by atoms with van der Waals surface area (Å²) >= 11 is 0. The lowest BCUT2D eigenvalue weighted by Gasteiger charge is -2.21. The van der Waals surface area contributed by atoms with Crippen molar-refractivity contribution in [1.29, 1.82) is 0 Å². The molecule has 2 atom stereocenters. The van der Waals surface area contributed by atoms with Gasteiger partial charge in [-0.3, -0.25) is 14.3 Å². The van der Waals surface area contributed by atoms with Gasteiger partial charge in [0, 0.05) is 31.9 Å². The van der Waals surface area contributed by atoms with Gasteiger partial charge >= 0.3 is 5.97 Å². The summed E-state index contributed by atoms with van der Waals surface area (Å²) in [6.45, 7) is 2.99. The molecule has 1 aliphatic heterocycles. The Kier molecular flexibility index (Phi) is 3.64. The van der Waals surface area contributed by atoms with Crippen LogP contribution in [0.3, 0.4) is 0 Å². The van der Waals surface area contributed by atoms with Crippen LogP contribution in [0.2, 0.25) is 0 Å². The largest absolute Gasteiger partial charge is 0.481 e. The summed E-state index contributed by atoms with van der Waals surface area (Å²) < 4.78 is 1.62. The predicted molar refractivity (Wildman–Crippen MR) is 63.9 cm³/mol. The number of rotatable bonds is 4. The first-order valence-electron chi connectivity index (χ1n) is 6.07. The average Bonchev–Trinajstić information content (AvgIpc) is 2.96. The number of aromatic nitrogens is 2. The molecule has 1 aromatic rings. The van der Waals surface area contributed by atoms with Crippen molar-refractivity contribution in [3.63, 3.8) is 0 Å². The van der Waals surface area contributed by atoms with Crippen LogP contribution in [0.1, 0.15) is 25.8 Å². The molecule has 1 aromatic heterocycles. The Morgan fingerprint density at radius 1 is 1.56 bits per heavy atom. The van der Waals surface area contributed by atoms with Gasteiger partial charge in [-0.05, 0) is 25.3 Å². The lowest BCUT2D eigenvalue weighted by Crippen LogP contribution is -2.34. The molecular formula is C12H17N3O3. The summed E-state index contributed by atoms with van der Waals surface area (Å²) in [6, 6.07) is 1.45. The van der Waals surface area contributed by atoms with Crippen LogP contribution in [0.5, 0.6) is 0 Å². The Morgan fingerprint density at radius 3 is 2.94 bits per heavy atom. The Bertz CT molecular complexity index is 430. The molecule has 0 saturated carbocycles. The number of carboxylic acids is 1. The van der Waals surface area contributed by atoms with E-state index < -0.39 is 5.97 Å². The number of carboxylic acid groups (broad SMARTS) is 1. The fraction of sp³-hybridized carbons (Fsp3) is 0.583. The highest BCUT2D eigenvalue weighted by molar-refractivity contribution is 5.80. The average molecular weight is 251 g/mol. The van der Waals surface area contributed by atoms with E-state index in [-0.39, 0.29) is 24.3 Å². The molecule has 1 N–H and O–H groups in total. The third-order valence-electron chi connectivity index (χ3n) is 3.34. The van der Waals surface area contributed by atoms with Crippen LogP contribution in [0.25, 0.3) is 0 Å². The zero-order chi connectivity index (χ0) is 13.1. The van der Waals surface area contributed by atoms with Gasteiger partial charge in [-0.15, -0.1) is 0 Å². The number of likely N-dealkylation sites (tertiary alicyclic amines) is 1. The Labute approximate surface area is 105 Å². The first-order chi connectivity index (χ1) is 8.58. The summed E-state index contributed by atoms with van der Waals surface area (Å²) in [4.78, 5) is 24.6. The van der Waals surface area contributed by atoms with Crippen molar-refractivity contribution in [2.75, 3.05) is 13.1 Å². The van der Waals surface area contributed by atoms with Crippen molar-refractivity contribution in [2.24, 2.45) is 5.92 Å². The molecule has 98 valence electrons. The van der Waals surface area contributed by atoms with Crippen LogP contribution < -0.4 is 0 Å². The minimum Gasteiger partial charge on any atom is -0.481 e. The maximum Gasteiger partial charge on any atom is 0.303 e. The number of carbonyl (C=O) groups excluding carboxylic acids is 1. The minimum absolute atomic E-state index is 0.00610. The normalized spacial score (nSPS) is 20.9. The van der Waals surface area contributed by atoms with E-state index in [0.717, 1.165) is 6.42 Å². The van der Waals surface area contributed by atoms with Crippen LogP contribution in [-0.4, -0.2) is 44.8 Å². The molecule has 1 fully saturated rings. The van der Waals surface area contributed by atoms with E-state index in [1.807, 2.05) is 0 Å². The van der Waals surface area contributed by atoms with Gasteiger partial charge in [-0.25, -0.2) is 0 Å². The molecule has 2 heterocycles. The minimum atomic E-state index is -0.797. The van der Waals surface area contributed by atoms with Crippen molar-refractivity contribution in [3.8, 4) is 0 Å². The molecule has 1 amide bonds. The number of amides is 1. The number of hydrogen-bond acceptors (Lipinski definition) is 3. The van der Waals surface area contributed by atoms with Crippen LogP contribution in [0, 0.1) is 5.92 Å². The fourth-order valence-electron chi connectivity index (χ4n) is 2.33. The molecule has 6 nitrogen and oxygen atoms in total. The first kappa shape index (κ1) is 12.6. The van der Waals surface area contributed by atoms with Gasteiger partial charge in [0.2, 0.25) is 5.91 Å². The zero-order valence-electron chi connectivity index (χ0n) is 10.3. The molecule has 0 bridgehead atoms. The SMILES string of the molecule is CC(C(=O)N1CCC(CC(=O)O)C1)n1cccn1. The standard InChI is InChI=1S/C12H17N3O3/c1-9(15-5-2-4-13-15)12(18)14-6-3-10(8-14)7-11(16)17/h2,4-5,9-10H,3,6-8H2,1H3,(H,16,17). The Hall–Kier alpha value is -1.85. The van der Waals surface area contributed by atoms with Gasteiger partial charge < -0.3 is 10.0 Å². The number of hydrogen-bond donors (Lipinski definition) is 1. The van der Waals surface area contributed by atoms with E-state index in [2.05, 4.69) is 5.10 Å². The third kappa shape index (κ3) is 2.69. The summed E-state index contributed by atoms with van der Waals surface area (Å²) in [6.07, 6.45) is 4.30. The molecule has 0 spiro atoms. The molecule has 1 aliphatic rings. The molecule has 1 saturated heterocycles. The van der Waals surface area contributed by atoms with E-state index in [4.69, 9.17) is 5.11 Å². The Balaban J connectivity index is 1.93. The van der Waals surface area contributed by atoms with Gasteiger partial charge in [-0.1, -0.05) is 0 Å². The highest BCUT2D eigenvalue weighted by atomic mass is 16.4. The number of carbonyl (C=O) groups is 2. The lowest BCUT2D eigenvalue weighted by molar-refractivity contribution is -0.139. The molecule has 0 aliphatic carbocycles. The summed E-state index contributed by atoms with van der Waals surface area (Å²) in [7, 11) is 0. The molecule has 2 rings (SSSR count). The second kappa shape index (κ2) is 5.20. The molecule has 0 radical (unpaired) electrons. The van der Waals surface area contributed by atoms with Crippen molar-refractivity contribution >= 4 is 11.9 Å². The quantitative estimate of drug-likeness (QED) is 0.857. The highest BCUT2D eigenvalue weighted by Crippen LogP contribution is 2.22. The van der Waals surface area contributed by atoms with Crippen molar-refractivity contribution in [3.05, 3.63) is 18.5 Å². The van der Waals surface area contributed by atoms with Crippen molar-refractivity contribution in [1.82, 2.24) is 14.7 Å². The van der Waals surface area contributed by atoms with E-state index in [1.54, 1.807) is 35.0 Å². The summed E-state index contributed by atoms with van der Waals surface area (Å²) in [5, 5.41) is 12.8. The van der Waals surface area contributed by atoms with Crippen molar-refractivity contribution in [2.45, 2.75) is 25.8 Å². The predicted octanol–water partition coefficient (Wildman–Crippen LogP) is 0.767. The zero-order valence-corrected chi connectivity index (χ0v) is 10.3. The number of aliphatic carboxylic acids is 1. The smallest absolute Gasteiger partial charge is 0.303 e. The lowest BCUT2D eigenvalue weighted by atomic mass is 10.1. The van der Waals surface area contributed by atoms with Crippen LogP contribution >= 0.6 is 0 Å². The van der Waals surface area contributed by atoms with Gasteiger partial charge in [0.1, 0.15) is 6.04 Å². The van der Waals surface area contributed by atoms with Crippen LogP contribution in [-0.2, 0) is 9.59 Å². The van der Waals surface area contributed by atoms with Gasteiger partial charge in [-0.2, -0.15) is 5.10 Å². The van der Waals surface area contributed by atoms with E-state index in [0.29, 0.717) is 13.1 Å². The van der Waals surface area contributed by atoms with Gasteiger partial charge in [0.05, 0.1) is 0 Å². The van der Waals surface area contributed by atoms with E-state index >= 15 is 0 Å². The topological polar surface area (TPSA) is 75.4 Å². The fourth-order valence-corrected chi connectivity index (χ4v) is 2.33. The molecule has 0 aromatic carbocycles. The highest BCUT2D eigenvalue weighted by Gasteiger charge is 2.30. The third-order valence-corrected chi connectivity index (χ3v) is 3.34. The van der Waals surface area contributed by atoms with Gasteiger partial charge in [0.25, 0.3) is 0 Å². The summed E-state index contributed by atoms with van der Waals surface area (Å²) in [5.41, 5.74) is 0. The summed E-state index contributed by atoms with van der Waals surface area (Å²) in [5.74, 6) is -0.711. The van der Waals surface area contributed by atoms with E-state index in [1.165, 1.54) is 0 Å². The number of nitrogens with zero attached hydrogens (tertiary/aromatic N) is 3. The van der Waals surface area contributed by atoms with E-state index in [9.17, 15) is 9.59 Å². The molecular weight excluding hydrogens is 234 g/mol. The second-order valence-electron chi connectivity index (χ2n) is 4.70. The first-order valence-corrected chi connectivity index (χ1v) is 6.07. The monoisotopic (exact) mass is 251 g/mol. The second-order valence-corrected chi connectivity index (χ2v) is 4.70. The maximum atomic E-state index is 12.2.